The lowest BCUT2D eigenvalue weighted by Crippen LogP contribution is -2.34. The van der Waals surface area contributed by atoms with Crippen LogP contribution in [0.1, 0.15) is 31.9 Å². The van der Waals surface area contributed by atoms with Gasteiger partial charge >= 0.3 is 11.7 Å². The van der Waals surface area contributed by atoms with Crippen LogP contribution in [0.4, 0.5) is 16.2 Å². The number of rotatable bonds is 7. The van der Waals surface area contributed by atoms with Crippen LogP contribution < -0.4 is 26.6 Å². The lowest BCUT2D eigenvalue weighted by atomic mass is 9.87. The third-order valence-electron chi connectivity index (χ3n) is 6.64. The molecule has 0 saturated heterocycles. The van der Waals surface area contributed by atoms with E-state index in [1.54, 1.807) is 18.2 Å². The van der Waals surface area contributed by atoms with Gasteiger partial charge in [0.2, 0.25) is 0 Å². The van der Waals surface area contributed by atoms with Crippen LogP contribution in [0.2, 0.25) is 4.34 Å². The van der Waals surface area contributed by atoms with Crippen LogP contribution in [0.5, 0.6) is 0 Å². The molecular formula is C30H28ClN5O5S2. The summed E-state index contributed by atoms with van der Waals surface area (Å²) >= 11 is 6.60. The van der Waals surface area contributed by atoms with E-state index < -0.39 is 27.3 Å². The maximum Gasteiger partial charge on any atom is 0.333 e. The predicted molar refractivity (Wildman–Crippen MR) is 171 cm³/mol. The van der Waals surface area contributed by atoms with Crippen LogP contribution in [0.3, 0.4) is 0 Å². The fourth-order valence-corrected chi connectivity index (χ4v) is 6.74. The van der Waals surface area contributed by atoms with Crippen molar-refractivity contribution in [3.8, 4) is 5.69 Å². The molecular weight excluding hydrogens is 610 g/mol. The molecule has 0 fully saturated rings. The Labute approximate surface area is 256 Å². The van der Waals surface area contributed by atoms with Gasteiger partial charge < -0.3 is 15.6 Å². The Hall–Kier alpha value is -4.39. The van der Waals surface area contributed by atoms with E-state index in [0.29, 0.717) is 17.4 Å². The molecule has 0 aliphatic carbocycles. The number of anilines is 2. The number of carbonyl (C=O) groups is 1. The van der Waals surface area contributed by atoms with Crippen molar-refractivity contribution in [2.45, 2.75) is 36.9 Å². The number of carbonyl (C=O) groups excluding carboxylic acids is 1. The van der Waals surface area contributed by atoms with Crippen LogP contribution in [-0.2, 0) is 22.0 Å². The van der Waals surface area contributed by atoms with Gasteiger partial charge in [0, 0.05) is 17.9 Å². The Morgan fingerprint density at radius 1 is 0.930 bits per heavy atom. The van der Waals surface area contributed by atoms with Crippen LogP contribution in [0.25, 0.3) is 16.6 Å². The van der Waals surface area contributed by atoms with Crippen molar-refractivity contribution >= 4 is 61.3 Å². The first-order valence-electron chi connectivity index (χ1n) is 13.1. The number of H-pyrrole nitrogens is 1. The summed E-state index contributed by atoms with van der Waals surface area (Å²) < 4.78 is 27.7. The third-order valence-corrected chi connectivity index (χ3v) is 9.69. The van der Waals surface area contributed by atoms with Crippen molar-refractivity contribution in [1.82, 2.24) is 14.3 Å². The summed E-state index contributed by atoms with van der Waals surface area (Å²) in [6.45, 7) is 7.07. The Balaban J connectivity index is 1.29. The maximum absolute atomic E-state index is 13.3. The van der Waals surface area contributed by atoms with Gasteiger partial charge in [0.15, 0.2) is 0 Å². The van der Waals surface area contributed by atoms with Crippen LogP contribution in [0, 0.1) is 0 Å². The van der Waals surface area contributed by atoms with E-state index in [1.165, 1.54) is 42.0 Å². The number of urea groups is 1. The van der Waals surface area contributed by atoms with Gasteiger partial charge in [-0.25, -0.2) is 27.3 Å². The predicted octanol–water partition coefficient (Wildman–Crippen LogP) is 5.81. The average molecular weight is 638 g/mol. The number of aromatic nitrogens is 2. The van der Waals surface area contributed by atoms with E-state index in [-0.39, 0.29) is 25.3 Å². The van der Waals surface area contributed by atoms with Gasteiger partial charge in [0.05, 0.1) is 20.9 Å². The molecule has 43 heavy (non-hydrogen) atoms. The molecule has 2 amide bonds. The summed E-state index contributed by atoms with van der Waals surface area (Å²) in [5.74, 6) is 0. The zero-order chi connectivity index (χ0) is 30.9. The highest BCUT2D eigenvalue weighted by Crippen LogP contribution is 2.26. The standard InChI is InChI=1S/C30H28ClN5O5S2/c1-30(2,3)19-6-4-18(5-7-19)17-32-21-10-13-23-24(16-21)34-29(39)36(27(23)37)22-11-8-20(9-12-22)33-28(38)35-43(40,41)26-15-14-25(31)42-26/h4-16,32H,17H2,1-3H3,(H,34,39)(H2,33,35,38). The minimum absolute atomic E-state index is 0.0735. The number of halogens is 1. The number of hydrogen-bond donors (Lipinski definition) is 4. The van der Waals surface area contributed by atoms with Gasteiger partial charge in [-0.1, -0.05) is 56.6 Å². The summed E-state index contributed by atoms with van der Waals surface area (Å²) in [6.07, 6.45) is 0. The highest BCUT2D eigenvalue weighted by Gasteiger charge is 2.20. The van der Waals surface area contributed by atoms with E-state index in [1.807, 2.05) is 4.72 Å². The van der Waals surface area contributed by atoms with Crippen molar-refractivity contribution in [3.05, 3.63) is 115 Å². The molecule has 2 heterocycles. The number of benzene rings is 3. The zero-order valence-electron chi connectivity index (χ0n) is 23.4. The van der Waals surface area contributed by atoms with Crippen molar-refractivity contribution in [3.63, 3.8) is 0 Å². The number of nitrogens with zero attached hydrogens (tertiary/aromatic N) is 1. The van der Waals surface area contributed by atoms with E-state index in [0.717, 1.165) is 27.2 Å². The summed E-state index contributed by atoms with van der Waals surface area (Å²) in [4.78, 5) is 41.3. The molecule has 4 N–H and O–H groups in total. The minimum atomic E-state index is -4.09. The van der Waals surface area contributed by atoms with Gasteiger partial charge in [0.1, 0.15) is 4.21 Å². The second-order valence-electron chi connectivity index (χ2n) is 10.8. The Kier molecular flexibility index (Phi) is 8.19. The molecule has 5 rings (SSSR count). The van der Waals surface area contributed by atoms with Gasteiger partial charge in [-0.2, -0.15) is 0 Å². The lowest BCUT2D eigenvalue weighted by Gasteiger charge is -2.19. The van der Waals surface area contributed by atoms with Crippen molar-refractivity contribution in [1.29, 1.82) is 0 Å². The molecule has 222 valence electrons. The van der Waals surface area contributed by atoms with Crippen molar-refractivity contribution < 1.29 is 13.2 Å². The molecule has 0 radical (unpaired) electrons. The number of aromatic amines is 1. The Morgan fingerprint density at radius 2 is 1.60 bits per heavy atom. The normalized spacial score (nSPS) is 11.8. The SMILES string of the molecule is CC(C)(C)c1ccc(CNc2ccc3c(=O)n(-c4ccc(NC(=O)NS(=O)(=O)c5ccc(Cl)s5)cc4)c(=O)[nH]c3c2)cc1. The van der Waals surface area contributed by atoms with E-state index in [9.17, 15) is 22.8 Å². The first-order valence-corrected chi connectivity index (χ1v) is 15.8. The van der Waals surface area contributed by atoms with Crippen LogP contribution in [0.15, 0.2) is 92.7 Å². The Bertz CT molecular complexity index is 2040. The van der Waals surface area contributed by atoms with Gasteiger partial charge in [-0.05, 0) is 71.1 Å². The molecule has 0 spiro atoms. The zero-order valence-corrected chi connectivity index (χ0v) is 25.8. The number of thiophene rings is 1. The number of hydrogen-bond acceptors (Lipinski definition) is 7. The number of sulfonamides is 1. The fraction of sp³-hybridized carbons (Fsp3) is 0.167. The number of fused-ring (bicyclic) bond motifs is 1. The molecule has 10 nitrogen and oxygen atoms in total. The summed E-state index contributed by atoms with van der Waals surface area (Å²) in [7, 11) is -4.09. The van der Waals surface area contributed by atoms with Crippen molar-refractivity contribution in [2.75, 3.05) is 10.6 Å². The summed E-state index contributed by atoms with van der Waals surface area (Å²) in [6, 6.07) is 21.1. The van der Waals surface area contributed by atoms with Gasteiger partial charge in [-0.3, -0.25) is 4.79 Å². The average Bonchev–Trinajstić information content (AvgIpc) is 3.39. The molecule has 0 saturated carbocycles. The molecule has 13 heteroatoms. The molecule has 0 atom stereocenters. The highest BCUT2D eigenvalue weighted by atomic mass is 35.5. The molecule has 0 aliphatic heterocycles. The first-order chi connectivity index (χ1) is 20.3. The molecule has 0 unspecified atom stereocenters. The van der Waals surface area contributed by atoms with Gasteiger partial charge in [0.25, 0.3) is 15.6 Å². The largest absolute Gasteiger partial charge is 0.381 e. The smallest absolute Gasteiger partial charge is 0.333 e. The van der Waals surface area contributed by atoms with Gasteiger partial charge in [-0.15, -0.1) is 11.3 Å². The molecule has 0 aliphatic rings. The number of amides is 2. The molecule has 2 aromatic heterocycles. The maximum atomic E-state index is 13.3. The molecule has 0 bridgehead atoms. The molecule has 5 aromatic rings. The Morgan fingerprint density at radius 3 is 2.23 bits per heavy atom. The topological polar surface area (TPSA) is 142 Å². The van der Waals surface area contributed by atoms with E-state index >= 15 is 0 Å². The van der Waals surface area contributed by atoms with E-state index in [4.69, 9.17) is 11.6 Å². The van der Waals surface area contributed by atoms with Crippen LogP contribution in [-0.4, -0.2) is 24.0 Å². The highest BCUT2D eigenvalue weighted by molar-refractivity contribution is 7.92. The third kappa shape index (κ3) is 6.82. The summed E-state index contributed by atoms with van der Waals surface area (Å²) in [5, 5.41) is 6.06. The van der Waals surface area contributed by atoms with Crippen LogP contribution >= 0.6 is 22.9 Å². The first kappa shape index (κ1) is 30.1. The lowest BCUT2D eigenvalue weighted by molar-refractivity contribution is 0.256. The second kappa shape index (κ2) is 11.7. The quantitative estimate of drug-likeness (QED) is 0.177. The summed E-state index contributed by atoms with van der Waals surface area (Å²) in [5.41, 5.74) is 2.93. The molecule has 3 aromatic carbocycles. The fourth-order valence-electron chi connectivity index (χ4n) is 4.35. The van der Waals surface area contributed by atoms with E-state index in [2.05, 4.69) is 60.7 Å². The number of nitrogens with one attached hydrogen (secondary N) is 4. The second-order valence-corrected chi connectivity index (χ2v) is 14.4. The minimum Gasteiger partial charge on any atom is -0.381 e. The van der Waals surface area contributed by atoms with Crippen molar-refractivity contribution in [2.24, 2.45) is 0 Å². The monoisotopic (exact) mass is 637 g/mol.